The molecule has 15 heavy (non-hydrogen) atoms. The van der Waals surface area contributed by atoms with Gasteiger partial charge >= 0.3 is 6.18 Å². The zero-order valence-corrected chi connectivity index (χ0v) is 9.02. The molecule has 0 aromatic rings. The molecule has 0 saturated heterocycles. The van der Waals surface area contributed by atoms with Gasteiger partial charge in [0.1, 0.15) is 6.61 Å². The molecule has 0 unspecified atom stereocenters. The molecule has 0 aliphatic carbocycles. The molecule has 90 valence electrons. The van der Waals surface area contributed by atoms with E-state index in [4.69, 9.17) is 5.41 Å². The predicted molar refractivity (Wildman–Crippen MR) is 52.1 cm³/mol. The minimum absolute atomic E-state index is 0.0607. The van der Waals surface area contributed by atoms with Crippen molar-refractivity contribution in [3.63, 3.8) is 0 Å². The summed E-state index contributed by atoms with van der Waals surface area (Å²) in [5, 5.41) is 7.54. The minimum Gasteiger partial charge on any atom is -0.372 e. The van der Waals surface area contributed by atoms with Gasteiger partial charge in [0.05, 0.1) is 12.4 Å². The van der Waals surface area contributed by atoms with Crippen molar-refractivity contribution in [3.8, 4) is 0 Å². The average molecular weight is 226 g/mol. The molecule has 0 aliphatic rings. The second kappa shape index (κ2) is 6.66. The molecular formula is C9H17F3N2O. The Morgan fingerprint density at radius 3 is 2.20 bits per heavy atom. The molecule has 0 rings (SSSR count). The van der Waals surface area contributed by atoms with E-state index in [9.17, 15) is 13.2 Å². The first-order valence-electron chi connectivity index (χ1n) is 4.87. The van der Waals surface area contributed by atoms with Gasteiger partial charge in [0, 0.05) is 19.5 Å². The summed E-state index contributed by atoms with van der Waals surface area (Å²) in [7, 11) is 0. The fourth-order valence-electron chi connectivity index (χ4n) is 1.12. The fourth-order valence-corrected chi connectivity index (χ4v) is 1.12. The molecule has 0 heterocycles. The Bertz CT molecular complexity index is 190. The third-order valence-corrected chi connectivity index (χ3v) is 1.89. The lowest BCUT2D eigenvalue weighted by Gasteiger charge is -2.21. The molecule has 0 bridgehead atoms. The van der Waals surface area contributed by atoms with Gasteiger partial charge in [-0.15, -0.1) is 0 Å². The summed E-state index contributed by atoms with van der Waals surface area (Å²) < 4.78 is 39.5. The third kappa shape index (κ3) is 7.18. The van der Waals surface area contributed by atoms with E-state index in [1.54, 1.807) is 4.90 Å². The summed E-state index contributed by atoms with van der Waals surface area (Å²) in [5.74, 6) is 0.321. The quantitative estimate of drug-likeness (QED) is 0.428. The Morgan fingerprint density at radius 2 is 1.80 bits per heavy atom. The van der Waals surface area contributed by atoms with E-state index < -0.39 is 12.8 Å². The fraction of sp³-hybridized carbons (Fsp3) is 0.889. The highest BCUT2D eigenvalue weighted by atomic mass is 19.4. The average Bonchev–Trinajstić information content (AvgIpc) is 2.13. The first-order chi connectivity index (χ1) is 6.90. The Balaban J connectivity index is 3.63. The van der Waals surface area contributed by atoms with Gasteiger partial charge in [-0.1, -0.05) is 0 Å². The van der Waals surface area contributed by atoms with Crippen LogP contribution in [0.15, 0.2) is 0 Å². The number of nitrogens with one attached hydrogen (secondary N) is 1. The summed E-state index contributed by atoms with van der Waals surface area (Å²) in [4.78, 5) is 1.77. The molecule has 1 N–H and O–H groups in total. The molecule has 0 aliphatic heterocycles. The van der Waals surface area contributed by atoms with Crippen LogP contribution in [0.1, 0.15) is 20.3 Å². The Labute approximate surface area is 87.7 Å². The number of amidine groups is 1. The third-order valence-electron chi connectivity index (χ3n) is 1.89. The van der Waals surface area contributed by atoms with Crippen LogP contribution >= 0.6 is 0 Å². The van der Waals surface area contributed by atoms with Gasteiger partial charge < -0.3 is 9.64 Å². The molecule has 0 saturated carbocycles. The molecular weight excluding hydrogens is 209 g/mol. The molecule has 0 aromatic carbocycles. The molecule has 0 aromatic heterocycles. The molecule has 3 nitrogen and oxygen atoms in total. The van der Waals surface area contributed by atoms with Gasteiger partial charge in [-0.3, -0.25) is 5.41 Å². The summed E-state index contributed by atoms with van der Waals surface area (Å²) in [6.07, 6.45) is -4.06. The summed E-state index contributed by atoms with van der Waals surface area (Å²) in [6.45, 7) is 3.87. The molecule has 0 spiro atoms. The first kappa shape index (κ1) is 14.2. The van der Waals surface area contributed by atoms with Crippen molar-refractivity contribution in [3.05, 3.63) is 0 Å². The highest BCUT2D eigenvalue weighted by Crippen LogP contribution is 2.14. The standard InChI is InChI=1S/C9H17F3N2O/c1-3-14(4-2)8(13)5-6-15-7-9(10,11)12/h13H,3-7H2,1-2H3. The van der Waals surface area contributed by atoms with Crippen LogP contribution in [0.4, 0.5) is 13.2 Å². The van der Waals surface area contributed by atoms with Crippen LogP contribution in [-0.4, -0.2) is 43.2 Å². The zero-order valence-electron chi connectivity index (χ0n) is 9.02. The smallest absolute Gasteiger partial charge is 0.372 e. The van der Waals surface area contributed by atoms with Crippen LogP contribution in [0.3, 0.4) is 0 Å². The van der Waals surface area contributed by atoms with Crippen LogP contribution in [0, 0.1) is 5.41 Å². The van der Waals surface area contributed by atoms with E-state index in [0.717, 1.165) is 0 Å². The van der Waals surface area contributed by atoms with Crippen LogP contribution in [0.25, 0.3) is 0 Å². The highest BCUT2D eigenvalue weighted by molar-refractivity contribution is 5.79. The SMILES string of the molecule is CCN(CC)C(=N)CCOCC(F)(F)F. The first-order valence-corrected chi connectivity index (χ1v) is 4.87. The van der Waals surface area contributed by atoms with E-state index in [0.29, 0.717) is 18.9 Å². The van der Waals surface area contributed by atoms with E-state index in [1.807, 2.05) is 13.8 Å². The van der Waals surface area contributed by atoms with E-state index in [-0.39, 0.29) is 13.0 Å². The molecule has 6 heteroatoms. The maximum atomic E-state index is 11.7. The number of nitrogens with zero attached hydrogens (tertiary/aromatic N) is 1. The van der Waals surface area contributed by atoms with E-state index >= 15 is 0 Å². The second-order valence-corrected chi connectivity index (χ2v) is 3.04. The van der Waals surface area contributed by atoms with Gasteiger partial charge in [0.15, 0.2) is 0 Å². The number of halogens is 3. The molecule has 0 atom stereocenters. The monoisotopic (exact) mass is 226 g/mol. The largest absolute Gasteiger partial charge is 0.411 e. The van der Waals surface area contributed by atoms with E-state index in [1.165, 1.54) is 0 Å². The number of alkyl halides is 3. The predicted octanol–water partition coefficient (Wildman–Crippen LogP) is 2.27. The van der Waals surface area contributed by atoms with Crippen LogP contribution in [0.2, 0.25) is 0 Å². The summed E-state index contributed by atoms with van der Waals surface area (Å²) in [6, 6.07) is 0. The normalized spacial score (nSPS) is 11.5. The van der Waals surface area contributed by atoms with Crippen LogP contribution in [-0.2, 0) is 4.74 Å². The Hall–Kier alpha value is -0.780. The van der Waals surface area contributed by atoms with Crippen LogP contribution in [0.5, 0.6) is 0 Å². The zero-order chi connectivity index (χ0) is 11.9. The topological polar surface area (TPSA) is 36.3 Å². The van der Waals surface area contributed by atoms with Crippen LogP contribution < -0.4 is 0 Å². The Morgan fingerprint density at radius 1 is 1.27 bits per heavy atom. The second-order valence-electron chi connectivity index (χ2n) is 3.04. The van der Waals surface area contributed by atoms with Crippen molar-refractivity contribution in [2.75, 3.05) is 26.3 Å². The lowest BCUT2D eigenvalue weighted by Crippen LogP contribution is -2.31. The lowest BCUT2D eigenvalue weighted by atomic mass is 10.3. The minimum atomic E-state index is -4.28. The maximum Gasteiger partial charge on any atom is 0.411 e. The molecule has 0 radical (unpaired) electrons. The number of rotatable bonds is 6. The van der Waals surface area contributed by atoms with Crippen molar-refractivity contribution in [2.45, 2.75) is 26.4 Å². The lowest BCUT2D eigenvalue weighted by molar-refractivity contribution is -0.173. The van der Waals surface area contributed by atoms with Crippen molar-refractivity contribution in [1.82, 2.24) is 4.90 Å². The molecule has 0 amide bonds. The van der Waals surface area contributed by atoms with Gasteiger partial charge in [0.25, 0.3) is 0 Å². The highest BCUT2D eigenvalue weighted by Gasteiger charge is 2.27. The maximum absolute atomic E-state index is 11.7. The number of ether oxygens (including phenoxy) is 1. The Kier molecular flexibility index (Phi) is 6.31. The van der Waals surface area contributed by atoms with Crippen molar-refractivity contribution in [2.24, 2.45) is 0 Å². The van der Waals surface area contributed by atoms with Gasteiger partial charge in [-0.25, -0.2) is 0 Å². The number of hydrogen-bond donors (Lipinski definition) is 1. The van der Waals surface area contributed by atoms with E-state index in [2.05, 4.69) is 4.74 Å². The van der Waals surface area contributed by atoms with Gasteiger partial charge in [-0.05, 0) is 13.8 Å². The van der Waals surface area contributed by atoms with Gasteiger partial charge in [-0.2, -0.15) is 13.2 Å². The molecule has 0 fully saturated rings. The summed E-state index contributed by atoms with van der Waals surface area (Å²) in [5.41, 5.74) is 0. The van der Waals surface area contributed by atoms with Crippen molar-refractivity contribution < 1.29 is 17.9 Å². The van der Waals surface area contributed by atoms with Gasteiger partial charge in [0.2, 0.25) is 0 Å². The summed E-state index contributed by atoms with van der Waals surface area (Å²) >= 11 is 0. The van der Waals surface area contributed by atoms with Crippen molar-refractivity contribution >= 4 is 5.84 Å². The van der Waals surface area contributed by atoms with Crippen molar-refractivity contribution in [1.29, 1.82) is 5.41 Å². The number of hydrogen-bond acceptors (Lipinski definition) is 2.